The van der Waals surface area contributed by atoms with Crippen LogP contribution in [0, 0.1) is 0 Å². The van der Waals surface area contributed by atoms with Crippen LogP contribution in [0.3, 0.4) is 0 Å². The zero-order valence-corrected chi connectivity index (χ0v) is 22.3. The Morgan fingerprint density at radius 2 is 1.76 bits per heavy atom. The first-order chi connectivity index (χ1) is 18.4. The van der Waals surface area contributed by atoms with Gasteiger partial charge in [-0.25, -0.2) is 0 Å². The summed E-state index contributed by atoms with van der Waals surface area (Å²) in [6.45, 7) is 2.02. The van der Waals surface area contributed by atoms with Gasteiger partial charge in [0.15, 0.2) is 0 Å². The van der Waals surface area contributed by atoms with Gasteiger partial charge in [-0.3, -0.25) is 9.98 Å². The van der Waals surface area contributed by atoms with Crippen LogP contribution in [0.25, 0.3) is 10.9 Å². The number of fused-ring (bicyclic) bond motifs is 3. The molecule has 0 fully saturated rings. The second-order valence-electron chi connectivity index (χ2n) is 11.2. The molecule has 1 atom stereocenters. The second-order valence-corrected chi connectivity index (χ2v) is 11.2. The van der Waals surface area contributed by atoms with Crippen molar-refractivity contribution in [3.63, 3.8) is 0 Å². The number of rotatable bonds is 9. The van der Waals surface area contributed by atoms with Gasteiger partial charge < -0.3 is 10.6 Å². The van der Waals surface area contributed by atoms with Crippen molar-refractivity contribution in [2.45, 2.75) is 95.9 Å². The summed E-state index contributed by atoms with van der Waals surface area (Å²) in [5.74, 6) is 0. The monoisotopic (exact) mass is 494 g/mol. The van der Waals surface area contributed by atoms with Crippen LogP contribution in [0.15, 0.2) is 64.3 Å². The maximum absolute atomic E-state index is 5.19. The van der Waals surface area contributed by atoms with E-state index in [1.54, 1.807) is 0 Å². The molecule has 1 aromatic heterocycles. The molecule has 37 heavy (non-hydrogen) atoms. The number of hydrogen-bond donors (Lipinski definition) is 2. The maximum atomic E-state index is 5.19. The van der Waals surface area contributed by atoms with E-state index in [-0.39, 0.29) is 0 Å². The molecule has 0 bridgehead atoms. The SMILES string of the molecule is C1=CC2NC3=C(CCCC3)C(=NCCCCCCCNc3c4c(nc5ccccc35)CCCC4)C2=CC1. The third-order valence-electron chi connectivity index (χ3n) is 8.57. The van der Waals surface area contributed by atoms with Gasteiger partial charge >= 0.3 is 0 Å². The van der Waals surface area contributed by atoms with Crippen molar-refractivity contribution in [1.29, 1.82) is 0 Å². The Kier molecular flexibility index (Phi) is 7.71. The van der Waals surface area contributed by atoms with Crippen LogP contribution < -0.4 is 10.6 Å². The third kappa shape index (κ3) is 5.39. The summed E-state index contributed by atoms with van der Waals surface area (Å²) in [7, 11) is 0. The Labute approximate surface area is 222 Å². The van der Waals surface area contributed by atoms with Crippen molar-refractivity contribution in [1.82, 2.24) is 10.3 Å². The molecule has 2 heterocycles. The van der Waals surface area contributed by atoms with Crippen molar-refractivity contribution in [2.24, 2.45) is 4.99 Å². The highest BCUT2D eigenvalue weighted by atomic mass is 15.0. The smallest absolute Gasteiger partial charge is 0.0726 e. The highest BCUT2D eigenvalue weighted by molar-refractivity contribution is 6.15. The number of nitrogens with one attached hydrogen (secondary N) is 2. The third-order valence-corrected chi connectivity index (χ3v) is 8.57. The lowest BCUT2D eigenvalue weighted by Crippen LogP contribution is -2.40. The zero-order valence-electron chi connectivity index (χ0n) is 22.3. The van der Waals surface area contributed by atoms with Crippen molar-refractivity contribution in [2.75, 3.05) is 18.4 Å². The molecular formula is C33H42N4. The summed E-state index contributed by atoms with van der Waals surface area (Å²) in [5, 5.41) is 8.91. The predicted molar refractivity (Wildman–Crippen MR) is 157 cm³/mol. The molecule has 4 aliphatic rings. The Morgan fingerprint density at radius 3 is 2.76 bits per heavy atom. The van der Waals surface area contributed by atoms with Crippen LogP contribution in [-0.4, -0.2) is 29.8 Å². The quantitative estimate of drug-likeness (QED) is 0.279. The molecule has 2 N–H and O–H groups in total. The number of anilines is 1. The van der Waals surface area contributed by atoms with E-state index in [0.717, 1.165) is 31.4 Å². The molecule has 0 saturated carbocycles. The number of hydrogen-bond acceptors (Lipinski definition) is 4. The number of aliphatic imine (C=N–C) groups is 1. The van der Waals surface area contributed by atoms with Gasteiger partial charge in [0, 0.05) is 41.1 Å². The van der Waals surface area contributed by atoms with Crippen LogP contribution in [-0.2, 0) is 12.8 Å². The first-order valence-electron chi connectivity index (χ1n) is 14.9. The van der Waals surface area contributed by atoms with Gasteiger partial charge in [0.2, 0.25) is 0 Å². The molecule has 4 heteroatoms. The van der Waals surface area contributed by atoms with Crippen molar-refractivity contribution in [3.8, 4) is 0 Å². The van der Waals surface area contributed by atoms with E-state index < -0.39 is 0 Å². The van der Waals surface area contributed by atoms with Gasteiger partial charge in [-0.1, -0.05) is 55.7 Å². The minimum Gasteiger partial charge on any atom is -0.384 e. The summed E-state index contributed by atoms with van der Waals surface area (Å²) < 4.78 is 0. The van der Waals surface area contributed by atoms with Crippen LogP contribution in [0.1, 0.15) is 88.3 Å². The molecule has 1 aliphatic heterocycles. The fourth-order valence-electron chi connectivity index (χ4n) is 6.63. The number of allylic oxidation sites excluding steroid dienone is 4. The molecule has 1 unspecified atom stereocenters. The Morgan fingerprint density at radius 1 is 0.919 bits per heavy atom. The first kappa shape index (κ1) is 24.5. The summed E-state index contributed by atoms with van der Waals surface area (Å²) in [6, 6.07) is 9.00. The Bertz CT molecular complexity index is 1250. The number of nitrogens with zero attached hydrogens (tertiary/aromatic N) is 2. The average molecular weight is 495 g/mol. The fraction of sp³-hybridized carbons (Fsp3) is 0.515. The molecule has 3 aliphatic carbocycles. The molecule has 6 rings (SSSR count). The molecule has 194 valence electrons. The zero-order chi connectivity index (χ0) is 24.9. The molecule has 4 nitrogen and oxygen atoms in total. The average Bonchev–Trinajstić information content (AvgIpc) is 2.95. The standard InChI is InChI=1S/C33H42N4/c1(2-12-22-34-32-24-14-4-8-18-28(24)36-29-19-9-5-15-25(29)32)3-13-23-35-33-26-16-6-10-20-30(26)37-31-21-11-7-17-27(31)33/h4,8,10,14,16,18,20,30,37H,1-3,5-7,9,11-13,15,17,19,21-23H2,(H,34,36). The Balaban J connectivity index is 0.981. The Hall–Kier alpha value is -2.88. The minimum atomic E-state index is 0.347. The van der Waals surface area contributed by atoms with Crippen LogP contribution in [0.2, 0.25) is 0 Å². The second kappa shape index (κ2) is 11.7. The van der Waals surface area contributed by atoms with E-state index >= 15 is 0 Å². The topological polar surface area (TPSA) is 49.3 Å². The van der Waals surface area contributed by atoms with E-state index in [4.69, 9.17) is 9.98 Å². The van der Waals surface area contributed by atoms with Crippen LogP contribution in [0.4, 0.5) is 5.69 Å². The lowest BCUT2D eigenvalue weighted by Gasteiger charge is -2.35. The number of aromatic nitrogens is 1. The highest BCUT2D eigenvalue weighted by Crippen LogP contribution is 2.34. The van der Waals surface area contributed by atoms with E-state index in [2.05, 4.69) is 53.1 Å². The number of benzene rings is 1. The van der Waals surface area contributed by atoms with Crippen molar-refractivity contribution < 1.29 is 0 Å². The van der Waals surface area contributed by atoms with Crippen LogP contribution >= 0.6 is 0 Å². The minimum absolute atomic E-state index is 0.347. The predicted octanol–water partition coefficient (Wildman–Crippen LogP) is 7.60. The molecule has 2 aromatic rings. The normalized spacial score (nSPS) is 21.8. The summed E-state index contributed by atoms with van der Waals surface area (Å²) in [5.41, 5.74) is 11.0. The summed E-state index contributed by atoms with van der Waals surface area (Å²) in [6.07, 6.45) is 24.2. The number of para-hydroxylation sites is 1. The van der Waals surface area contributed by atoms with Gasteiger partial charge in [-0.2, -0.15) is 0 Å². The van der Waals surface area contributed by atoms with Crippen molar-refractivity contribution >= 4 is 22.3 Å². The van der Waals surface area contributed by atoms with E-state index in [1.165, 1.54) is 122 Å². The first-order valence-corrected chi connectivity index (χ1v) is 14.9. The summed E-state index contributed by atoms with van der Waals surface area (Å²) in [4.78, 5) is 10.2. The molecule has 0 amide bonds. The molecule has 0 radical (unpaired) electrons. The molecule has 0 spiro atoms. The fourth-order valence-corrected chi connectivity index (χ4v) is 6.63. The number of aryl methyl sites for hydroxylation is 1. The van der Waals surface area contributed by atoms with Gasteiger partial charge in [0.25, 0.3) is 0 Å². The van der Waals surface area contributed by atoms with Crippen LogP contribution in [0.5, 0.6) is 0 Å². The van der Waals surface area contributed by atoms with E-state index in [1.807, 2.05) is 0 Å². The van der Waals surface area contributed by atoms with Gasteiger partial charge in [0.05, 0.1) is 17.3 Å². The highest BCUT2D eigenvalue weighted by Gasteiger charge is 2.30. The number of unbranched alkanes of at least 4 members (excludes halogenated alkanes) is 4. The largest absolute Gasteiger partial charge is 0.384 e. The molecule has 0 saturated heterocycles. The molecule has 1 aromatic carbocycles. The van der Waals surface area contributed by atoms with E-state index in [9.17, 15) is 0 Å². The maximum Gasteiger partial charge on any atom is 0.0726 e. The summed E-state index contributed by atoms with van der Waals surface area (Å²) >= 11 is 0. The van der Waals surface area contributed by atoms with Gasteiger partial charge in [-0.05, 0) is 87.8 Å². The van der Waals surface area contributed by atoms with E-state index in [0.29, 0.717) is 6.04 Å². The molecular weight excluding hydrogens is 452 g/mol. The van der Waals surface area contributed by atoms with Gasteiger partial charge in [0.1, 0.15) is 0 Å². The number of pyridine rings is 1. The lowest BCUT2D eigenvalue weighted by atomic mass is 9.81. The van der Waals surface area contributed by atoms with Gasteiger partial charge in [-0.15, -0.1) is 0 Å². The van der Waals surface area contributed by atoms with Crippen molar-refractivity contribution in [3.05, 3.63) is 70.6 Å². The lowest BCUT2D eigenvalue weighted by molar-refractivity contribution is 0.600.